The average molecular weight is 408 g/mol. The van der Waals surface area contributed by atoms with Crippen LogP contribution in [-0.2, 0) is 19.1 Å². The first-order valence-electron chi connectivity index (χ1n) is 9.49. The summed E-state index contributed by atoms with van der Waals surface area (Å²) in [6, 6.07) is 17.2. The lowest BCUT2D eigenvalue weighted by atomic mass is 10.2. The Labute approximate surface area is 175 Å². The van der Waals surface area contributed by atoms with E-state index in [-0.39, 0.29) is 24.6 Å². The molecule has 156 valence electrons. The third-order valence-corrected chi connectivity index (χ3v) is 3.71. The summed E-state index contributed by atoms with van der Waals surface area (Å²) in [5.41, 5.74) is 1.27. The van der Waals surface area contributed by atoms with Crippen molar-refractivity contribution in [3.05, 3.63) is 83.2 Å². The first kappa shape index (κ1) is 22.4. The van der Waals surface area contributed by atoms with Crippen LogP contribution < -0.4 is 10.6 Å². The van der Waals surface area contributed by atoms with E-state index < -0.39 is 18.0 Å². The third kappa shape index (κ3) is 7.27. The van der Waals surface area contributed by atoms with Crippen molar-refractivity contribution < 1.29 is 23.9 Å². The Morgan fingerprint density at radius 3 is 1.40 bits per heavy atom. The van der Waals surface area contributed by atoms with Crippen molar-refractivity contribution in [2.75, 3.05) is 13.2 Å². The standard InChI is InChI=1S/C23H24N2O5/c1-3-29-21(26)19(15-17-11-7-5-8-12-17)24-23(28)25-20(22(27)30-4-2)16-18-13-9-6-10-14-18/h5-16H,3-4H2,1-2H3,(H2,24,25,28)/b19-15-,20-16-. The van der Waals surface area contributed by atoms with Gasteiger partial charge in [0.2, 0.25) is 0 Å². The van der Waals surface area contributed by atoms with Crippen molar-refractivity contribution in [3.63, 3.8) is 0 Å². The smallest absolute Gasteiger partial charge is 0.354 e. The maximum Gasteiger partial charge on any atom is 0.354 e. The topological polar surface area (TPSA) is 93.7 Å². The number of carbonyl (C=O) groups excluding carboxylic acids is 3. The number of amides is 2. The molecular weight excluding hydrogens is 384 g/mol. The Balaban J connectivity index is 2.23. The van der Waals surface area contributed by atoms with Crippen molar-refractivity contribution in [3.8, 4) is 0 Å². The van der Waals surface area contributed by atoms with Gasteiger partial charge in [-0.3, -0.25) is 0 Å². The number of ether oxygens (including phenoxy) is 2. The molecule has 2 aromatic rings. The predicted octanol–water partition coefficient (Wildman–Crippen LogP) is 3.49. The number of rotatable bonds is 8. The van der Waals surface area contributed by atoms with Gasteiger partial charge in [-0.15, -0.1) is 0 Å². The Hall–Kier alpha value is -3.87. The number of hydrogen-bond donors (Lipinski definition) is 2. The lowest BCUT2D eigenvalue weighted by Crippen LogP contribution is -2.39. The monoisotopic (exact) mass is 408 g/mol. The second-order valence-corrected chi connectivity index (χ2v) is 5.96. The highest BCUT2D eigenvalue weighted by molar-refractivity contribution is 6.01. The van der Waals surface area contributed by atoms with Gasteiger partial charge in [0.25, 0.3) is 0 Å². The summed E-state index contributed by atoms with van der Waals surface area (Å²) in [7, 11) is 0. The van der Waals surface area contributed by atoms with Gasteiger partial charge in [0.05, 0.1) is 13.2 Å². The van der Waals surface area contributed by atoms with E-state index in [1.54, 1.807) is 62.4 Å². The van der Waals surface area contributed by atoms with Gasteiger partial charge >= 0.3 is 18.0 Å². The summed E-state index contributed by atoms with van der Waals surface area (Å²) in [4.78, 5) is 37.1. The fourth-order valence-corrected chi connectivity index (χ4v) is 2.42. The van der Waals surface area contributed by atoms with Gasteiger partial charge in [-0.05, 0) is 37.1 Å². The minimum atomic E-state index is -0.777. The zero-order valence-corrected chi connectivity index (χ0v) is 16.9. The van der Waals surface area contributed by atoms with Crippen molar-refractivity contribution in [2.45, 2.75) is 13.8 Å². The Morgan fingerprint density at radius 1 is 0.700 bits per heavy atom. The molecular formula is C23H24N2O5. The summed E-state index contributed by atoms with van der Waals surface area (Å²) in [5.74, 6) is -1.39. The molecule has 0 spiro atoms. The van der Waals surface area contributed by atoms with E-state index in [1.165, 1.54) is 12.2 Å². The summed E-state index contributed by atoms with van der Waals surface area (Å²) < 4.78 is 10.0. The Kier molecular flexibility index (Phi) is 8.86. The van der Waals surface area contributed by atoms with Crippen LogP contribution in [0.2, 0.25) is 0 Å². The molecule has 0 fully saturated rings. The summed E-state index contributed by atoms with van der Waals surface area (Å²) in [6.45, 7) is 3.63. The SMILES string of the molecule is CCOC(=O)/C(=C/c1ccccc1)NC(=O)N/C(=C\c1ccccc1)C(=O)OCC. The van der Waals surface area contributed by atoms with Crippen molar-refractivity contribution in [1.29, 1.82) is 0 Å². The van der Waals surface area contributed by atoms with Gasteiger partial charge in [0.15, 0.2) is 0 Å². The molecule has 0 aromatic heterocycles. The normalized spacial score (nSPS) is 11.4. The predicted molar refractivity (Wildman–Crippen MR) is 114 cm³/mol. The molecule has 7 heteroatoms. The zero-order valence-electron chi connectivity index (χ0n) is 16.9. The minimum absolute atomic E-state index is 0.0662. The molecule has 0 aliphatic heterocycles. The highest BCUT2D eigenvalue weighted by atomic mass is 16.5. The fraction of sp³-hybridized carbons (Fsp3) is 0.174. The van der Waals surface area contributed by atoms with Crippen LogP contribution in [-0.4, -0.2) is 31.2 Å². The summed E-state index contributed by atoms with van der Waals surface area (Å²) in [6.07, 6.45) is 2.98. The number of urea groups is 1. The number of hydrogen-bond acceptors (Lipinski definition) is 5. The maximum atomic E-state index is 12.5. The van der Waals surface area contributed by atoms with E-state index in [0.29, 0.717) is 11.1 Å². The summed E-state index contributed by atoms with van der Waals surface area (Å²) in [5, 5.41) is 4.90. The molecule has 7 nitrogen and oxygen atoms in total. The van der Waals surface area contributed by atoms with Gasteiger partial charge < -0.3 is 20.1 Å². The lowest BCUT2D eigenvalue weighted by Gasteiger charge is -2.12. The molecule has 2 amide bonds. The molecule has 0 aliphatic carbocycles. The quantitative estimate of drug-likeness (QED) is 0.515. The molecule has 0 saturated carbocycles. The first-order valence-corrected chi connectivity index (χ1v) is 9.49. The van der Waals surface area contributed by atoms with Crippen LogP contribution in [0.15, 0.2) is 72.1 Å². The molecule has 0 radical (unpaired) electrons. The van der Waals surface area contributed by atoms with Crippen LogP contribution in [0.3, 0.4) is 0 Å². The molecule has 0 saturated heterocycles. The molecule has 2 N–H and O–H groups in total. The van der Waals surface area contributed by atoms with Crippen LogP contribution in [0.4, 0.5) is 4.79 Å². The summed E-state index contributed by atoms with van der Waals surface area (Å²) >= 11 is 0. The molecule has 0 heterocycles. The molecule has 0 atom stereocenters. The van der Waals surface area contributed by atoms with Gasteiger partial charge in [-0.1, -0.05) is 60.7 Å². The second kappa shape index (κ2) is 11.9. The van der Waals surface area contributed by atoms with Crippen LogP contribution in [0.5, 0.6) is 0 Å². The Morgan fingerprint density at radius 2 is 1.07 bits per heavy atom. The van der Waals surface area contributed by atoms with E-state index in [0.717, 1.165) is 0 Å². The van der Waals surface area contributed by atoms with Gasteiger partial charge in [0, 0.05) is 0 Å². The highest BCUT2D eigenvalue weighted by Crippen LogP contribution is 2.09. The molecule has 0 bridgehead atoms. The largest absolute Gasteiger partial charge is 0.461 e. The molecule has 2 rings (SSSR count). The van der Waals surface area contributed by atoms with Crippen molar-refractivity contribution in [1.82, 2.24) is 10.6 Å². The maximum absolute atomic E-state index is 12.5. The van der Waals surface area contributed by atoms with Gasteiger partial charge in [0.1, 0.15) is 11.4 Å². The number of carbonyl (C=O) groups is 3. The zero-order chi connectivity index (χ0) is 21.8. The van der Waals surface area contributed by atoms with Crippen LogP contribution in [0.1, 0.15) is 25.0 Å². The van der Waals surface area contributed by atoms with Gasteiger partial charge in [-0.2, -0.15) is 0 Å². The molecule has 0 unspecified atom stereocenters. The van der Waals surface area contributed by atoms with Crippen LogP contribution >= 0.6 is 0 Å². The van der Waals surface area contributed by atoms with E-state index in [1.807, 2.05) is 12.1 Å². The molecule has 0 aliphatic rings. The Bertz CT molecular complexity index is 846. The van der Waals surface area contributed by atoms with E-state index >= 15 is 0 Å². The number of esters is 2. The van der Waals surface area contributed by atoms with Crippen molar-refractivity contribution in [2.24, 2.45) is 0 Å². The van der Waals surface area contributed by atoms with E-state index in [2.05, 4.69) is 10.6 Å². The average Bonchev–Trinajstić information content (AvgIpc) is 2.74. The fourth-order valence-electron chi connectivity index (χ4n) is 2.42. The van der Waals surface area contributed by atoms with E-state index in [9.17, 15) is 14.4 Å². The van der Waals surface area contributed by atoms with Crippen LogP contribution in [0, 0.1) is 0 Å². The van der Waals surface area contributed by atoms with Crippen molar-refractivity contribution >= 4 is 30.1 Å². The third-order valence-electron chi connectivity index (χ3n) is 3.71. The van der Waals surface area contributed by atoms with Gasteiger partial charge in [-0.25, -0.2) is 14.4 Å². The highest BCUT2D eigenvalue weighted by Gasteiger charge is 2.18. The van der Waals surface area contributed by atoms with Crippen LogP contribution in [0.25, 0.3) is 12.2 Å². The second-order valence-electron chi connectivity index (χ2n) is 5.96. The molecule has 30 heavy (non-hydrogen) atoms. The lowest BCUT2D eigenvalue weighted by molar-refractivity contribution is -0.139. The number of nitrogens with one attached hydrogen (secondary N) is 2. The minimum Gasteiger partial charge on any atom is -0.461 e. The molecule has 2 aromatic carbocycles. The first-order chi connectivity index (χ1) is 14.5. The van der Waals surface area contributed by atoms with E-state index in [4.69, 9.17) is 9.47 Å². The number of benzene rings is 2.